The Hall–Kier alpha value is -1.74. The van der Waals surface area contributed by atoms with Crippen LogP contribution in [0.2, 0.25) is 0 Å². The van der Waals surface area contributed by atoms with Crippen LogP contribution in [0.25, 0.3) is 0 Å². The zero-order valence-corrected chi connectivity index (χ0v) is 22.2. The molecule has 36 heavy (non-hydrogen) atoms. The molecule has 2 N–H and O–H groups in total. The zero-order chi connectivity index (χ0) is 25.7. The Bertz CT molecular complexity index is 929. The lowest BCUT2D eigenvalue weighted by molar-refractivity contribution is -0.138. The molecule has 2 amide bonds. The summed E-state index contributed by atoms with van der Waals surface area (Å²) >= 11 is 0. The van der Waals surface area contributed by atoms with Crippen LogP contribution < -0.4 is 5.32 Å². The van der Waals surface area contributed by atoms with E-state index in [2.05, 4.69) is 54.2 Å². The summed E-state index contributed by atoms with van der Waals surface area (Å²) in [6.45, 7) is 11.5. The fourth-order valence-electron chi connectivity index (χ4n) is 6.33. The van der Waals surface area contributed by atoms with Crippen LogP contribution in [0.4, 0.5) is 13.6 Å². The van der Waals surface area contributed by atoms with Gasteiger partial charge >= 0.3 is 6.03 Å². The van der Waals surface area contributed by atoms with Gasteiger partial charge in [0.05, 0.1) is 17.9 Å². The van der Waals surface area contributed by atoms with Crippen LogP contribution in [-0.4, -0.2) is 82.4 Å². The van der Waals surface area contributed by atoms with Crippen molar-refractivity contribution < 1.29 is 18.3 Å². The van der Waals surface area contributed by atoms with Crippen molar-refractivity contribution in [1.29, 1.82) is 0 Å². The highest BCUT2D eigenvalue weighted by Gasteiger charge is 2.50. The molecule has 202 valence electrons. The van der Waals surface area contributed by atoms with Gasteiger partial charge < -0.3 is 15.0 Å². The Morgan fingerprint density at radius 2 is 1.94 bits per heavy atom. The molecule has 2 saturated heterocycles. The molecule has 9 heteroatoms. The fraction of sp³-hybridized carbons (Fsp3) is 0.852. The number of ether oxygens (including phenoxy) is 1. The molecule has 1 aromatic heterocycles. The normalized spacial score (nSPS) is 34.2. The molecule has 0 unspecified atom stereocenters. The number of amides is 2. The highest BCUT2D eigenvalue weighted by atomic mass is 19.3. The largest absolute Gasteiger partial charge is 0.371 e. The van der Waals surface area contributed by atoms with Crippen molar-refractivity contribution in [3.63, 3.8) is 0 Å². The Labute approximate surface area is 213 Å². The molecule has 0 bridgehead atoms. The summed E-state index contributed by atoms with van der Waals surface area (Å²) in [5, 5.41) is 10.5. The summed E-state index contributed by atoms with van der Waals surface area (Å²) in [5.41, 5.74) is 2.15. The molecule has 4 fully saturated rings. The van der Waals surface area contributed by atoms with Crippen molar-refractivity contribution in [2.45, 2.75) is 114 Å². The van der Waals surface area contributed by atoms with Crippen molar-refractivity contribution in [2.24, 2.45) is 5.92 Å². The highest BCUT2D eigenvalue weighted by Crippen LogP contribution is 2.47. The van der Waals surface area contributed by atoms with E-state index in [4.69, 9.17) is 4.74 Å². The van der Waals surface area contributed by atoms with Crippen molar-refractivity contribution in [2.75, 3.05) is 26.2 Å². The summed E-state index contributed by atoms with van der Waals surface area (Å²) < 4.78 is 36.3. The lowest BCUT2D eigenvalue weighted by Gasteiger charge is -2.42. The van der Waals surface area contributed by atoms with Crippen LogP contribution in [0.3, 0.4) is 0 Å². The summed E-state index contributed by atoms with van der Waals surface area (Å²) in [5.74, 6) is -1.67. The van der Waals surface area contributed by atoms with Crippen molar-refractivity contribution >= 4 is 6.03 Å². The molecule has 4 aliphatic rings. The highest BCUT2D eigenvalue weighted by molar-refractivity contribution is 5.75. The van der Waals surface area contributed by atoms with Gasteiger partial charge in [-0.05, 0) is 64.4 Å². The summed E-state index contributed by atoms with van der Waals surface area (Å²) in [7, 11) is 0. The van der Waals surface area contributed by atoms with Crippen LogP contribution in [0.1, 0.15) is 89.9 Å². The van der Waals surface area contributed by atoms with Gasteiger partial charge in [0.2, 0.25) is 0 Å². The summed E-state index contributed by atoms with van der Waals surface area (Å²) in [6.07, 6.45) is 3.63. The first kappa shape index (κ1) is 25.9. The number of halogens is 2. The first-order valence-corrected chi connectivity index (χ1v) is 13.9. The number of urea groups is 1. The first-order valence-electron chi connectivity index (χ1n) is 13.9. The zero-order valence-electron chi connectivity index (χ0n) is 22.2. The van der Waals surface area contributed by atoms with Gasteiger partial charge in [-0.1, -0.05) is 13.8 Å². The average Bonchev–Trinajstić information content (AvgIpc) is 3.20. The molecular formula is C27H43F2N5O2. The molecule has 0 spiro atoms. The van der Waals surface area contributed by atoms with Gasteiger partial charge in [-0.25, -0.2) is 13.6 Å². The van der Waals surface area contributed by atoms with Gasteiger partial charge in [-0.2, -0.15) is 5.10 Å². The van der Waals surface area contributed by atoms with E-state index in [9.17, 15) is 4.79 Å². The second-order valence-electron chi connectivity index (χ2n) is 12.3. The molecule has 5 rings (SSSR count). The molecule has 2 aliphatic carbocycles. The number of aromatic nitrogens is 2. The maximum atomic E-state index is 15.0. The molecule has 1 aromatic rings. The number of nitrogens with one attached hydrogen (secondary N) is 2. The SMILES string of the molecule is CC(C)N1CC[C@H](O[C@H]2CCCC(F)(F)[C@@H]2NC(=O)N2CCC(C)(c3cc([C@@H]4C[C@@H]4C)[nH]n3)CC2)C1. The molecule has 5 atom stereocenters. The number of hydrogen-bond donors (Lipinski definition) is 2. The molecule has 2 aliphatic heterocycles. The van der Waals surface area contributed by atoms with Crippen molar-refractivity contribution in [1.82, 2.24) is 25.3 Å². The predicted molar refractivity (Wildman–Crippen MR) is 134 cm³/mol. The summed E-state index contributed by atoms with van der Waals surface area (Å²) in [6, 6.07) is 0.922. The number of likely N-dealkylation sites (tertiary alicyclic amines) is 2. The van der Waals surface area contributed by atoms with Gasteiger partial charge in [0, 0.05) is 55.7 Å². The van der Waals surface area contributed by atoms with Crippen LogP contribution >= 0.6 is 0 Å². The van der Waals surface area contributed by atoms with Gasteiger partial charge in [0.15, 0.2) is 0 Å². The van der Waals surface area contributed by atoms with E-state index in [-0.39, 0.29) is 17.9 Å². The topological polar surface area (TPSA) is 73.5 Å². The van der Waals surface area contributed by atoms with E-state index in [0.717, 1.165) is 38.0 Å². The standard InChI is InChI=1S/C27H43F2N5O2/c1-17(2)34-11-7-19(16-34)36-22-6-5-8-27(28,29)24(22)30-25(35)33-12-9-26(4,10-13-33)23-15-21(31-32-23)20-14-18(20)3/h15,17-20,22,24H,5-14,16H2,1-4H3,(H,30,35)(H,31,32)/t18-,19-,20+,22-,24+/m0/s1. The van der Waals surface area contributed by atoms with Crippen LogP contribution in [0, 0.1) is 5.92 Å². The molecule has 0 radical (unpaired) electrons. The lowest BCUT2D eigenvalue weighted by atomic mass is 9.77. The van der Waals surface area contributed by atoms with E-state index in [0.29, 0.717) is 43.8 Å². The number of carbonyl (C=O) groups excluding carboxylic acids is 1. The van der Waals surface area contributed by atoms with E-state index in [1.807, 2.05) is 0 Å². The Morgan fingerprint density at radius 3 is 2.58 bits per heavy atom. The average molecular weight is 508 g/mol. The molecule has 3 heterocycles. The Kier molecular flexibility index (Phi) is 7.09. The van der Waals surface area contributed by atoms with Crippen molar-refractivity contribution in [3.8, 4) is 0 Å². The van der Waals surface area contributed by atoms with Gasteiger partial charge in [0.25, 0.3) is 5.92 Å². The second-order valence-corrected chi connectivity index (χ2v) is 12.3. The maximum absolute atomic E-state index is 15.0. The third-order valence-corrected chi connectivity index (χ3v) is 9.26. The quantitative estimate of drug-likeness (QED) is 0.588. The van der Waals surface area contributed by atoms with E-state index in [1.165, 1.54) is 12.1 Å². The van der Waals surface area contributed by atoms with Crippen molar-refractivity contribution in [3.05, 3.63) is 17.5 Å². The minimum Gasteiger partial charge on any atom is -0.371 e. The van der Waals surface area contributed by atoms with Gasteiger partial charge in [-0.15, -0.1) is 0 Å². The fourth-order valence-corrected chi connectivity index (χ4v) is 6.33. The molecule has 0 aromatic carbocycles. The third-order valence-electron chi connectivity index (χ3n) is 9.26. The van der Waals surface area contributed by atoms with E-state index in [1.54, 1.807) is 4.90 Å². The number of rotatable bonds is 6. The smallest absolute Gasteiger partial charge is 0.317 e. The van der Waals surface area contributed by atoms with Gasteiger partial charge in [-0.3, -0.25) is 10.00 Å². The number of piperidine rings is 1. The third kappa shape index (κ3) is 5.28. The number of hydrogen-bond acceptors (Lipinski definition) is 4. The minimum absolute atomic E-state index is 0.0567. The molecule has 7 nitrogen and oxygen atoms in total. The number of carbonyl (C=O) groups is 1. The maximum Gasteiger partial charge on any atom is 0.317 e. The predicted octanol–water partition coefficient (Wildman–Crippen LogP) is 4.65. The van der Waals surface area contributed by atoms with E-state index < -0.39 is 24.1 Å². The van der Waals surface area contributed by atoms with Crippen LogP contribution in [0.5, 0.6) is 0 Å². The monoisotopic (exact) mass is 507 g/mol. The summed E-state index contributed by atoms with van der Waals surface area (Å²) in [4.78, 5) is 17.2. The number of alkyl halides is 2. The van der Waals surface area contributed by atoms with E-state index >= 15 is 8.78 Å². The lowest BCUT2D eigenvalue weighted by Crippen LogP contribution is -2.61. The van der Waals surface area contributed by atoms with Crippen LogP contribution in [-0.2, 0) is 10.2 Å². The van der Waals surface area contributed by atoms with Crippen LogP contribution in [0.15, 0.2) is 6.07 Å². The second kappa shape index (κ2) is 9.86. The minimum atomic E-state index is -2.97. The Balaban J connectivity index is 1.18. The number of aromatic amines is 1. The van der Waals surface area contributed by atoms with Gasteiger partial charge in [0.1, 0.15) is 6.04 Å². The molecule has 2 saturated carbocycles. The molecular weight excluding hydrogens is 464 g/mol. The Morgan fingerprint density at radius 1 is 1.22 bits per heavy atom. The first-order chi connectivity index (χ1) is 17.1. The number of H-pyrrole nitrogens is 1. The number of nitrogens with zero attached hydrogens (tertiary/aromatic N) is 3.